The van der Waals surface area contributed by atoms with E-state index in [2.05, 4.69) is 20.1 Å². The second-order valence-electron chi connectivity index (χ2n) is 11.9. The number of aromatic nitrogens is 7. The van der Waals surface area contributed by atoms with Gasteiger partial charge >= 0.3 is 12.4 Å². The van der Waals surface area contributed by atoms with E-state index in [1.165, 1.54) is 24.4 Å². The SMILES string of the molecule is Fc1cc(Cl)ccc1COc1nc2c(cc1C(F)(F)F)CCN(Cc1nc3cc(-c4n[nH]c(C(F)(F)F)n4)ncc3n1C[C@H]1CCOC1)C2. The van der Waals surface area contributed by atoms with E-state index in [-0.39, 0.29) is 47.5 Å². The highest BCUT2D eigenvalue weighted by Gasteiger charge is 2.38. The first-order chi connectivity index (χ1) is 23.3. The van der Waals surface area contributed by atoms with Gasteiger partial charge < -0.3 is 14.0 Å². The van der Waals surface area contributed by atoms with Crippen LogP contribution in [0.1, 0.15) is 40.5 Å². The van der Waals surface area contributed by atoms with Crippen molar-refractivity contribution in [2.45, 2.75) is 51.4 Å². The fourth-order valence-corrected chi connectivity index (χ4v) is 6.10. The zero-order valence-corrected chi connectivity index (χ0v) is 26.1. The lowest BCUT2D eigenvalue weighted by atomic mass is 10.0. The molecule has 49 heavy (non-hydrogen) atoms. The number of H-pyrrole nitrogens is 1. The van der Waals surface area contributed by atoms with Crippen LogP contribution < -0.4 is 4.74 Å². The van der Waals surface area contributed by atoms with Crippen LogP contribution in [0.4, 0.5) is 30.7 Å². The summed E-state index contributed by atoms with van der Waals surface area (Å²) in [5, 5.41) is 5.69. The molecule has 0 bridgehead atoms. The summed E-state index contributed by atoms with van der Waals surface area (Å²) in [7, 11) is 0. The molecule has 258 valence electrons. The van der Waals surface area contributed by atoms with Crippen LogP contribution in [0.3, 0.4) is 0 Å². The second-order valence-corrected chi connectivity index (χ2v) is 12.3. The van der Waals surface area contributed by atoms with Crippen molar-refractivity contribution >= 4 is 22.6 Å². The molecule has 0 amide bonds. The molecule has 7 rings (SSSR count). The number of nitrogens with one attached hydrogen (secondary N) is 1. The molecular formula is C31H26ClF7N8O2. The van der Waals surface area contributed by atoms with Crippen molar-refractivity contribution < 1.29 is 40.2 Å². The summed E-state index contributed by atoms with van der Waals surface area (Å²) in [4.78, 5) is 18.9. The number of rotatable bonds is 8. The van der Waals surface area contributed by atoms with Crippen LogP contribution >= 0.6 is 11.6 Å². The first kappa shape index (κ1) is 33.2. The predicted molar refractivity (Wildman–Crippen MR) is 160 cm³/mol. The van der Waals surface area contributed by atoms with Crippen molar-refractivity contribution in [1.29, 1.82) is 0 Å². The van der Waals surface area contributed by atoms with E-state index in [0.29, 0.717) is 54.4 Å². The lowest BCUT2D eigenvalue weighted by Crippen LogP contribution is -2.32. The quantitative estimate of drug-likeness (QED) is 0.179. The highest BCUT2D eigenvalue weighted by atomic mass is 35.5. The Morgan fingerprint density at radius 1 is 1.04 bits per heavy atom. The Bertz CT molecular complexity index is 2010. The summed E-state index contributed by atoms with van der Waals surface area (Å²) in [5.74, 6) is -2.04. The maximum atomic E-state index is 14.3. The van der Waals surface area contributed by atoms with Gasteiger partial charge in [-0.25, -0.2) is 19.3 Å². The molecule has 5 aromatic rings. The highest BCUT2D eigenvalue weighted by Crippen LogP contribution is 2.38. The van der Waals surface area contributed by atoms with E-state index < -0.39 is 42.0 Å². The predicted octanol–water partition coefficient (Wildman–Crippen LogP) is 6.62. The molecular weight excluding hydrogens is 685 g/mol. The van der Waals surface area contributed by atoms with E-state index in [9.17, 15) is 30.7 Å². The van der Waals surface area contributed by atoms with Gasteiger partial charge in [0.1, 0.15) is 29.5 Å². The number of alkyl halides is 6. The lowest BCUT2D eigenvalue weighted by Gasteiger charge is -2.29. The minimum Gasteiger partial charge on any atom is -0.472 e. The number of hydrogen-bond acceptors (Lipinski definition) is 8. The molecule has 0 unspecified atom stereocenters. The van der Waals surface area contributed by atoms with Crippen LogP contribution in [-0.2, 0) is 49.8 Å². The summed E-state index contributed by atoms with van der Waals surface area (Å²) in [6, 6.07) is 6.34. The molecule has 1 N–H and O–H groups in total. The molecule has 0 radical (unpaired) electrons. The Labute approximate surface area is 278 Å². The van der Waals surface area contributed by atoms with E-state index >= 15 is 0 Å². The van der Waals surface area contributed by atoms with Crippen molar-refractivity contribution in [1.82, 2.24) is 39.6 Å². The third-order valence-corrected chi connectivity index (χ3v) is 8.67. The number of fused-ring (bicyclic) bond motifs is 2. The topological polar surface area (TPSA) is 107 Å². The lowest BCUT2D eigenvalue weighted by molar-refractivity contribution is -0.144. The highest BCUT2D eigenvalue weighted by molar-refractivity contribution is 6.30. The van der Waals surface area contributed by atoms with E-state index in [1.807, 2.05) is 14.6 Å². The van der Waals surface area contributed by atoms with Gasteiger partial charge in [-0.15, -0.1) is 0 Å². The van der Waals surface area contributed by atoms with Crippen LogP contribution in [-0.4, -0.2) is 59.4 Å². The Hall–Kier alpha value is -4.35. The number of hydrogen-bond donors (Lipinski definition) is 1. The van der Waals surface area contributed by atoms with Gasteiger partial charge in [0.05, 0.1) is 36.1 Å². The van der Waals surface area contributed by atoms with E-state index in [0.717, 1.165) is 18.6 Å². The molecule has 6 heterocycles. The average molecular weight is 711 g/mol. The molecule has 4 aromatic heterocycles. The first-order valence-electron chi connectivity index (χ1n) is 15.1. The monoisotopic (exact) mass is 710 g/mol. The van der Waals surface area contributed by atoms with Gasteiger partial charge in [-0.05, 0) is 42.7 Å². The molecule has 18 heteroatoms. The molecule has 1 saturated heterocycles. The minimum atomic E-state index is -4.76. The molecule has 10 nitrogen and oxygen atoms in total. The fraction of sp³-hybridized carbons (Fsp3) is 0.387. The Morgan fingerprint density at radius 3 is 2.59 bits per heavy atom. The maximum Gasteiger partial charge on any atom is 0.451 e. The molecule has 0 aliphatic carbocycles. The summed E-state index contributed by atoms with van der Waals surface area (Å²) < 4.78 is 109. The third kappa shape index (κ3) is 7.05. The van der Waals surface area contributed by atoms with Crippen molar-refractivity contribution in [3.8, 4) is 17.4 Å². The maximum absolute atomic E-state index is 14.3. The van der Waals surface area contributed by atoms with Gasteiger partial charge in [-0.3, -0.25) is 15.0 Å². The number of imidazole rings is 1. The van der Waals surface area contributed by atoms with Gasteiger partial charge in [0.2, 0.25) is 11.7 Å². The van der Waals surface area contributed by atoms with Gasteiger partial charge in [0.25, 0.3) is 0 Å². The second kappa shape index (κ2) is 12.8. The van der Waals surface area contributed by atoms with Gasteiger partial charge in [0, 0.05) is 42.7 Å². The van der Waals surface area contributed by atoms with Gasteiger partial charge in [0.15, 0.2) is 5.82 Å². The summed E-state index contributed by atoms with van der Waals surface area (Å²) >= 11 is 5.79. The standard InChI is InChI=1S/C31H26ClF7N8O2/c32-19-2-1-18(21(33)8-19)15-49-28-20(30(34,35)36)7-17-3-5-46(12-24(17)42-28)13-26-41-22-9-23(27-43-29(45-44-27)31(37,38)39)40-10-25(22)47(26)11-16-4-6-48-14-16/h1-2,7-10,16H,3-6,11-15H2,(H,43,44,45)/t16-/m1/s1. The van der Waals surface area contributed by atoms with Crippen LogP contribution in [0.2, 0.25) is 5.02 Å². The number of halogens is 8. The van der Waals surface area contributed by atoms with Crippen molar-refractivity contribution in [3.63, 3.8) is 0 Å². The van der Waals surface area contributed by atoms with Crippen LogP contribution in [0.15, 0.2) is 36.5 Å². The van der Waals surface area contributed by atoms with Gasteiger partial charge in [-0.2, -0.15) is 31.4 Å². The fourth-order valence-electron chi connectivity index (χ4n) is 5.94. The number of ether oxygens (including phenoxy) is 2. The number of aromatic amines is 1. The Morgan fingerprint density at radius 2 is 1.88 bits per heavy atom. The largest absolute Gasteiger partial charge is 0.472 e. The van der Waals surface area contributed by atoms with Crippen molar-refractivity contribution in [2.24, 2.45) is 5.92 Å². The number of nitrogens with zero attached hydrogens (tertiary/aromatic N) is 7. The minimum absolute atomic E-state index is 0.0201. The molecule has 0 saturated carbocycles. The summed E-state index contributed by atoms with van der Waals surface area (Å²) in [6.07, 6.45) is -6.85. The van der Waals surface area contributed by atoms with E-state index in [4.69, 9.17) is 26.1 Å². The van der Waals surface area contributed by atoms with Crippen molar-refractivity contribution in [3.05, 3.63) is 81.4 Å². The first-order valence-corrected chi connectivity index (χ1v) is 15.5. The number of benzene rings is 1. The molecule has 1 atom stereocenters. The van der Waals surface area contributed by atoms with Crippen LogP contribution in [0, 0.1) is 11.7 Å². The smallest absolute Gasteiger partial charge is 0.451 e. The van der Waals surface area contributed by atoms with E-state index in [1.54, 1.807) is 0 Å². The van der Waals surface area contributed by atoms with Gasteiger partial charge in [-0.1, -0.05) is 17.7 Å². The zero-order valence-electron chi connectivity index (χ0n) is 25.4. The molecule has 2 aliphatic heterocycles. The molecule has 0 spiro atoms. The molecule has 1 fully saturated rings. The summed E-state index contributed by atoms with van der Waals surface area (Å²) in [6.45, 7) is 2.08. The zero-order chi connectivity index (χ0) is 34.5. The number of pyridine rings is 2. The molecule has 2 aliphatic rings. The Kier molecular flexibility index (Phi) is 8.69. The van der Waals surface area contributed by atoms with Crippen LogP contribution in [0.25, 0.3) is 22.6 Å². The summed E-state index contributed by atoms with van der Waals surface area (Å²) in [5.41, 5.74) is 0.983. The average Bonchev–Trinajstić information content (AvgIpc) is 3.81. The molecule has 1 aromatic carbocycles. The Balaban J connectivity index is 1.17. The van der Waals surface area contributed by atoms with Crippen LogP contribution in [0.5, 0.6) is 5.88 Å². The van der Waals surface area contributed by atoms with Crippen molar-refractivity contribution in [2.75, 3.05) is 19.8 Å². The normalized spacial score (nSPS) is 17.2. The third-order valence-electron chi connectivity index (χ3n) is 8.44.